The van der Waals surface area contributed by atoms with Crippen molar-refractivity contribution in [3.8, 4) is 11.5 Å². The SMILES string of the molecule is C=C(C)C(=O)OCCCCCCCOc1ccc2cc(C(=O)Oc3ccccc3)ccc2c1. The molecule has 3 aromatic carbocycles. The third-order valence-electron chi connectivity index (χ3n) is 5.14. The van der Waals surface area contributed by atoms with Crippen LogP contribution in [0.1, 0.15) is 49.4 Å². The summed E-state index contributed by atoms with van der Waals surface area (Å²) in [7, 11) is 0. The molecule has 5 nitrogen and oxygen atoms in total. The van der Waals surface area contributed by atoms with Crippen molar-refractivity contribution >= 4 is 22.7 Å². The number of hydrogen-bond acceptors (Lipinski definition) is 5. The number of esters is 2. The predicted molar refractivity (Wildman–Crippen MR) is 130 cm³/mol. The van der Waals surface area contributed by atoms with Gasteiger partial charge in [-0.3, -0.25) is 0 Å². The molecule has 3 rings (SSSR count). The van der Waals surface area contributed by atoms with Gasteiger partial charge >= 0.3 is 11.9 Å². The Balaban J connectivity index is 1.38. The van der Waals surface area contributed by atoms with Crippen LogP contribution in [0.25, 0.3) is 10.8 Å². The number of carbonyl (C=O) groups excluding carboxylic acids is 2. The minimum atomic E-state index is -0.377. The quantitative estimate of drug-likeness (QED) is 0.137. The van der Waals surface area contributed by atoms with E-state index >= 15 is 0 Å². The predicted octanol–water partition coefficient (Wildman–Crippen LogP) is 6.51. The highest BCUT2D eigenvalue weighted by molar-refractivity contribution is 5.96. The minimum Gasteiger partial charge on any atom is -0.494 e. The van der Waals surface area contributed by atoms with E-state index < -0.39 is 0 Å². The molecule has 0 radical (unpaired) electrons. The van der Waals surface area contributed by atoms with Crippen molar-refractivity contribution in [1.82, 2.24) is 0 Å². The number of benzene rings is 3. The van der Waals surface area contributed by atoms with Crippen LogP contribution >= 0.6 is 0 Å². The molecule has 3 aromatic rings. The van der Waals surface area contributed by atoms with Crippen LogP contribution in [-0.2, 0) is 9.53 Å². The maximum atomic E-state index is 12.4. The van der Waals surface area contributed by atoms with Crippen LogP contribution in [0, 0.1) is 0 Å². The molecule has 0 atom stereocenters. The summed E-state index contributed by atoms with van der Waals surface area (Å²) in [6.45, 7) is 6.31. The summed E-state index contributed by atoms with van der Waals surface area (Å²) < 4.78 is 16.4. The van der Waals surface area contributed by atoms with Gasteiger partial charge < -0.3 is 14.2 Å². The summed E-state index contributed by atoms with van der Waals surface area (Å²) in [6.07, 6.45) is 5.00. The second-order valence-electron chi connectivity index (χ2n) is 7.96. The number of hydrogen-bond donors (Lipinski definition) is 0. The van der Waals surface area contributed by atoms with Gasteiger partial charge in [-0.25, -0.2) is 9.59 Å². The molecule has 0 unspecified atom stereocenters. The molecule has 0 aliphatic rings. The molecule has 0 aromatic heterocycles. The first-order valence-corrected chi connectivity index (χ1v) is 11.3. The van der Waals surface area contributed by atoms with E-state index in [1.165, 1.54) is 0 Å². The first-order chi connectivity index (χ1) is 16.0. The molecule has 0 bridgehead atoms. The highest BCUT2D eigenvalue weighted by Crippen LogP contribution is 2.23. The topological polar surface area (TPSA) is 61.8 Å². The summed E-state index contributed by atoms with van der Waals surface area (Å²) in [5.74, 6) is 0.644. The Labute approximate surface area is 195 Å². The summed E-state index contributed by atoms with van der Waals surface area (Å²) in [5.41, 5.74) is 0.946. The van der Waals surface area contributed by atoms with Crippen LogP contribution in [0.15, 0.2) is 78.9 Å². The van der Waals surface area contributed by atoms with E-state index in [1.807, 2.05) is 48.5 Å². The largest absolute Gasteiger partial charge is 0.494 e. The van der Waals surface area contributed by atoms with Crippen molar-refractivity contribution in [2.75, 3.05) is 13.2 Å². The Morgan fingerprint density at radius 3 is 2.18 bits per heavy atom. The number of fused-ring (bicyclic) bond motifs is 1. The zero-order chi connectivity index (χ0) is 23.5. The van der Waals surface area contributed by atoms with Gasteiger partial charge in [0.25, 0.3) is 0 Å². The van der Waals surface area contributed by atoms with E-state index in [0.29, 0.717) is 30.1 Å². The van der Waals surface area contributed by atoms with Crippen molar-refractivity contribution in [2.45, 2.75) is 39.0 Å². The zero-order valence-corrected chi connectivity index (χ0v) is 19.0. The smallest absolute Gasteiger partial charge is 0.343 e. The van der Waals surface area contributed by atoms with E-state index in [4.69, 9.17) is 14.2 Å². The molecule has 0 N–H and O–H groups in total. The van der Waals surface area contributed by atoms with E-state index in [-0.39, 0.29) is 11.9 Å². The molecule has 0 aliphatic heterocycles. The maximum Gasteiger partial charge on any atom is 0.343 e. The minimum absolute atomic E-state index is 0.317. The Hall–Kier alpha value is -3.60. The molecule has 0 heterocycles. The summed E-state index contributed by atoms with van der Waals surface area (Å²) in [5, 5.41) is 1.96. The van der Waals surface area contributed by atoms with Crippen molar-refractivity contribution in [3.63, 3.8) is 0 Å². The lowest BCUT2D eigenvalue weighted by molar-refractivity contribution is -0.139. The second-order valence-corrected chi connectivity index (χ2v) is 7.96. The standard InChI is InChI=1S/C28H30O5/c1-21(2)27(29)32-18-10-5-3-4-9-17-31-26-16-15-22-19-24(14-13-23(22)20-26)28(30)33-25-11-7-6-8-12-25/h6-8,11-16,19-20H,1,3-5,9-10,17-18H2,2H3. The fraction of sp³-hybridized carbons (Fsp3) is 0.286. The third kappa shape index (κ3) is 7.79. The number of rotatable bonds is 12. The molecular weight excluding hydrogens is 416 g/mol. The van der Waals surface area contributed by atoms with Gasteiger partial charge in [0.1, 0.15) is 11.5 Å². The maximum absolute atomic E-state index is 12.4. The van der Waals surface area contributed by atoms with Gasteiger partial charge in [0, 0.05) is 5.57 Å². The average Bonchev–Trinajstić information content (AvgIpc) is 2.83. The third-order valence-corrected chi connectivity index (χ3v) is 5.14. The van der Waals surface area contributed by atoms with Crippen molar-refractivity contribution in [2.24, 2.45) is 0 Å². The molecule has 0 amide bonds. The number of para-hydroxylation sites is 1. The molecule has 0 aliphatic carbocycles. The van der Waals surface area contributed by atoms with Crippen LogP contribution in [0.5, 0.6) is 11.5 Å². The molecule has 33 heavy (non-hydrogen) atoms. The average molecular weight is 447 g/mol. The molecule has 0 saturated carbocycles. The molecule has 172 valence electrons. The molecule has 5 heteroatoms. The van der Waals surface area contributed by atoms with E-state index in [2.05, 4.69) is 6.58 Å². The van der Waals surface area contributed by atoms with Crippen LogP contribution in [0.3, 0.4) is 0 Å². The van der Waals surface area contributed by atoms with Gasteiger partial charge in [0.05, 0.1) is 18.8 Å². The van der Waals surface area contributed by atoms with Crippen molar-refractivity contribution < 1.29 is 23.8 Å². The van der Waals surface area contributed by atoms with Crippen LogP contribution in [-0.4, -0.2) is 25.2 Å². The second kappa shape index (κ2) is 12.4. The van der Waals surface area contributed by atoms with E-state index in [9.17, 15) is 9.59 Å². The van der Waals surface area contributed by atoms with Gasteiger partial charge in [-0.1, -0.05) is 56.2 Å². The lowest BCUT2D eigenvalue weighted by atomic mass is 10.1. The normalized spacial score (nSPS) is 10.6. The molecule has 0 fully saturated rings. The van der Waals surface area contributed by atoms with Gasteiger partial charge in [-0.15, -0.1) is 0 Å². The highest BCUT2D eigenvalue weighted by atomic mass is 16.5. The van der Waals surface area contributed by atoms with Gasteiger partial charge in [-0.2, -0.15) is 0 Å². The summed E-state index contributed by atoms with van der Waals surface area (Å²) in [6, 6.07) is 20.4. The summed E-state index contributed by atoms with van der Waals surface area (Å²) >= 11 is 0. The lowest BCUT2D eigenvalue weighted by Crippen LogP contribution is -2.08. The Morgan fingerprint density at radius 2 is 1.42 bits per heavy atom. The number of ether oxygens (including phenoxy) is 3. The van der Waals surface area contributed by atoms with Crippen LogP contribution in [0.2, 0.25) is 0 Å². The zero-order valence-electron chi connectivity index (χ0n) is 19.0. The summed E-state index contributed by atoms with van der Waals surface area (Å²) in [4.78, 5) is 23.7. The Kier molecular flexibility index (Phi) is 9.07. The Bertz CT molecular complexity index is 1090. The highest BCUT2D eigenvalue weighted by Gasteiger charge is 2.10. The monoisotopic (exact) mass is 446 g/mol. The van der Waals surface area contributed by atoms with Gasteiger partial charge in [0.2, 0.25) is 0 Å². The lowest BCUT2D eigenvalue weighted by Gasteiger charge is -2.09. The fourth-order valence-electron chi connectivity index (χ4n) is 3.31. The first kappa shape index (κ1) is 24.1. The number of carbonyl (C=O) groups is 2. The van der Waals surface area contributed by atoms with Crippen molar-refractivity contribution in [1.29, 1.82) is 0 Å². The van der Waals surface area contributed by atoms with Crippen LogP contribution in [0.4, 0.5) is 0 Å². The van der Waals surface area contributed by atoms with Crippen LogP contribution < -0.4 is 9.47 Å². The van der Waals surface area contributed by atoms with Gasteiger partial charge in [0.15, 0.2) is 0 Å². The Morgan fingerprint density at radius 1 is 0.758 bits per heavy atom. The van der Waals surface area contributed by atoms with E-state index in [1.54, 1.807) is 25.1 Å². The molecule has 0 saturated heterocycles. The van der Waals surface area contributed by atoms with E-state index in [0.717, 1.165) is 48.6 Å². The molecular formula is C28H30O5. The van der Waals surface area contributed by atoms with Gasteiger partial charge in [-0.05, 0) is 66.9 Å². The molecule has 0 spiro atoms. The number of unbranched alkanes of at least 4 members (excludes halogenated alkanes) is 4. The first-order valence-electron chi connectivity index (χ1n) is 11.3. The van der Waals surface area contributed by atoms with Crippen molar-refractivity contribution in [3.05, 3.63) is 84.4 Å². The fourth-order valence-corrected chi connectivity index (χ4v) is 3.31.